The largest absolute Gasteiger partial charge is 0.353 e. The van der Waals surface area contributed by atoms with E-state index in [1.54, 1.807) is 18.3 Å². The standard InChI is InChI=1S/C11H10ClFN4/c12-7-1-2-9(13)10(5-7)16-8-3-4-15-11(6-8)17-14/h1-6H,14H2,(H2,15,16,17). The van der Waals surface area contributed by atoms with Crippen LogP contribution < -0.4 is 16.6 Å². The molecule has 0 aliphatic rings. The zero-order valence-electron chi connectivity index (χ0n) is 8.74. The highest BCUT2D eigenvalue weighted by molar-refractivity contribution is 6.30. The van der Waals surface area contributed by atoms with Gasteiger partial charge in [0.2, 0.25) is 0 Å². The number of hydrazine groups is 1. The molecule has 4 nitrogen and oxygen atoms in total. The van der Waals surface area contributed by atoms with Crippen molar-refractivity contribution in [3.8, 4) is 0 Å². The molecule has 6 heteroatoms. The molecule has 0 saturated carbocycles. The fourth-order valence-corrected chi connectivity index (χ4v) is 1.51. The van der Waals surface area contributed by atoms with Gasteiger partial charge in [-0.25, -0.2) is 15.2 Å². The van der Waals surface area contributed by atoms with Crippen LogP contribution in [0.1, 0.15) is 0 Å². The van der Waals surface area contributed by atoms with Crippen LogP contribution in [0.4, 0.5) is 21.6 Å². The molecule has 1 aromatic heterocycles. The van der Waals surface area contributed by atoms with Gasteiger partial charge in [0.25, 0.3) is 0 Å². The van der Waals surface area contributed by atoms with Gasteiger partial charge < -0.3 is 10.7 Å². The maximum atomic E-state index is 13.5. The Morgan fingerprint density at radius 2 is 2.06 bits per heavy atom. The van der Waals surface area contributed by atoms with Crippen LogP contribution in [0.5, 0.6) is 0 Å². The average Bonchev–Trinajstić information content (AvgIpc) is 2.34. The molecule has 0 aliphatic heterocycles. The SMILES string of the molecule is NNc1cc(Nc2cc(Cl)ccc2F)ccn1. The van der Waals surface area contributed by atoms with E-state index in [9.17, 15) is 4.39 Å². The summed E-state index contributed by atoms with van der Waals surface area (Å²) in [6.45, 7) is 0. The molecule has 2 rings (SSSR count). The van der Waals surface area contributed by atoms with E-state index in [0.717, 1.165) is 0 Å². The lowest BCUT2D eigenvalue weighted by molar-refractivity contribution is 0.632. The second-order valence-corrected chi connectivity index (χ2v) is 3.76. The Labute approximate surface area is 103 Å². The predicted molar refractivity (Wildman–Crippen MR) is 66.7 cm³/mol. The molecule has 1 aromatic carbocycles. The lowest BCUT2D eigenvalue weighted by Crippen LogP contribution is -2.08. The Balaban J connectivity index is 2.27. The van der Waals surface area contributed by atoms with E-state index in [-0.39, 0.29) is 5.82 Å². The van der Waals surface area contributed by atoms with Crippen molar-refractivity contribution >= 4 is 28.8 Å². The van der Waals surface area contributed by atoms with E-state index in [1.807, 2.05) is 0 Å². The summed E-state index contributed by atoms with van der Waals surface area (Å²) in [4.78, 5) is 3.94. The van der Waals surface area contributed by atoms with Gasteiger partial charge in [0, 0.05) is 23.0 Å². The molecule has 0 saturated heterocycles. The van der Waals surface area contributed by atoms with E-state index < -0.39 is 0 Å². The Bertz CT molecular complexity index is 533. The summed E-state index contributed by atoms with van der Waals surface area (Å²) in [5.74, 6) is 5.33. The number of benzene rings is 1. The number of rotatable bonds is 3. The highest BCUT2D eigenvalue weighted by Gasteiger charge is 2.03. The fraction of sp³-hybridized carbons (Fsp3) is 0. The van der Waals surface area contributed by atoms with Crippen molar-refractivity contribution in [2.24, 2.45) is 5.84 Å². The second kappa shape index (κ2) is 4.99. The van der Waals surface area contributed by atoms with Crippen molar-refractivity contribution < 1.29 is 4.39 Å². The summed E-state index contributed by atoms with van der Waals surface area (Å²) in [5, 5.41) is 3.35. The van der Waals surface area contributed by atoms with Gasteiger partial charge in [-0.1, -0.05) is 11.6 Å². The minimum atomic E-state index is -0.381. The highest BCUT2D eigenvalue weighted by atomic mass is 35.5. The first kappa shape index (κ1) is 11.6. The van der Waals surface area contributed by atoms with Gasteiger partial charge in [-0.2, -0.15) is 0 Å². The number of nitrogen functional groups attached to an aromatic ring is 1. The maximum Gasteiger partial charge on any atom is 0.146 e. The third kappa shape index (κ3) is 2.83. The van der Waals surface area contributed by atoms with Crippen molar-refractivity contribution in [2.45, 2.75) is 0 Å². The zero-order valence-corrected chi connectivity index (χ0v) is 9.50. The Hall–Kier alpha value is -1.85. The number of pyridine rings is 1. The maximum absolute atomic E-state index is 13.5. The van der Waals surface area contributed by atoms with Gasteiger partial charge in [0.1, 0.15) is 11.6 Å². The predicted octanol–water partition coefficient (Wildman–Crippen LogP) is 2.90. The van der Waals surface area contributed by atoms with Crippen LogP contribution in [-0.2, 0) is 0 Å². The number of hydrogen-bond acceptors (Lipinski definition) is 4. The van der Waals surface area contributed by atoms with E-state index in [4.69, 9.17) is 17.4 Å². The third-order valence-electron chi connectivity index (χ3n) is 2.12. The molecule has 0 amide bonds. The van der Waals surface area contributed by atoms with E-state index in [0.29, 0.717) is 22.2 Å². The summed E-state index contributed by atoms with van der Waals surface area (Å²) in [7, 11) is 0. The first-order valence-corrected chi connectivity index (χ1v) is 5.21. The number of nitrogens with two attached hydrogens (primary N) is 1. The Kier molecular flexibility index (Phi) is 3.41. The molecule has 0 bridgehead atoms. The molecule has 0 unspecified atom stereocenters. The lowest BCUT2D eigenvalue weighted by Gasteiger charge is -2.08. The monoisotopic (exact) mass is 252 g/mol. The van der Waals surface area contributed by atoms with Crippen molar-refractivity contribution in [3.63, 3.8) is 0 Å². The summed E-state index contributed by atoms with van der Waals surface area (Å²) in [6.07, 6.45) is 1.56. The van der Waals surface area contributed by atoms with Crippen molar-refractivity contribution in [1.29, 1.82) is 0 Å². The van der Waals surface area contributed by atoms with Crippen LogP contribution in [-0.4, -0.2) is 4.98 Å². The fourth-order valence-electron chi connectivity index (χ4n) is 1.34. The molecular formula is C11H10ClFN4. The lowest BCUT2D eigenvalue weighted by atomic mass is 10.3. The average molecular weight is 253 g/mol. The smallest absolute Gasteiger partial charge is 0.146 e. The third-order valence-corrected chi connectivity index (χ3v) is 2.35. The topological polar surface area (TPSA) is 63.0 Å². The molecule has 0 aliphatic carbocycles. The number of aromatic nitrogens is 1. The van der Waals surface area contributed by atoms with Gasteiger partial charge in [-0.15, -0.1) is 0 Å². The number of halogens is 2. The zero-order chi connectivity index (χ0) is 12.3. The quantitative estimate of drug-likeness (QED) is 0.581. The van der Waals surface area contributed by atoms with Gasteiger partial charge in [-0.3, -0.25) is 0 Å². The van der Waals surface area contributed by atoms with Crippen LogP contribution in [0.25, 0.3) is 0 Å². The molecular weight excluding hydrogens is 243 g/mol. The molecule has 4 N–H and O–H groups in total. The molecule has 0 radical (unpaired) electrons. The van der Waals surface area contributed by atoms with Crippen LogP contribution in [0.3, 0.4) is 0 Å². The number of nitrogens with zero attached hydrogens (tertiary/aromatic N) is 1. The van der Waals surface area contributed by atoms with Crippen molar-refractivity contribution in [3.05, 3.63) is 47.4 Å². The summed E-state index contributed by atoms with van der Waals surface area (Å²) >= 11 is 5.79. The van der Waals surface area contributed by atoms with Gasteiger partial charge in [0.05, 0.1) is 5.69 Å². The van der Waals surface area contributed by atoms with Crippen LogP contribution >= 0.6 is 11.6 Å². The van der Waals surface area contributed by atoms with Gasteiger partial charge in [0.15, 0.2) is 0 Å². The minimum absolute atomic E-state index is 0.298. The number of anilines is 3. The van der Waals surface area contributed by atoms with Crippen LogP contribution in [0, 0.1) is 5.82 Å². The van der Waals surface area contributed by atoms with E-state index in [1.165, 1.54) is 18.2 Å². The van der Waals surface area contributed by atoms with Crippen molar-refractivity contribution in [1.82, 2.24) is 4.98 Å². The highest BCUT2D eigenvalue weighted by Crippen LogP contribution is 2.24. The summed E-state index contributed by atoms with van der Waals surface area (Å²) in [6, 6.07) is 7.64. The summed E-state index contributed by atoms with van der Waals surface area (Å²) < 4.78 is 13.5. The molecule has 2 aromatic rings. The van der Waals surface area contributed by atoms with Crippen LogP contribution in [0.15, 0.2) is 36.5 Å². The molecule has 17 heavy (non-hydrogen) atoms. The van der Waals surface area contributed by atoms with Crippen molar-refractivity contribution in [2.75, 3.05) is 10.7 Å². The molecule has 88 valence electrons. The molecule has 0 fully saturated rings. The second-order valence-electron chi connectivity index (χ2n) is 3.32. The van der Waals surface area contributed by atoms with E-state index >= 15 is 0 Å². The number of hydrogen-bond donors (Lipinski definition) is 3. The summed E-state index contributed by atoms with van der Waals surface area (Å²) in [5.41, 5.74) is 3.37. The molecule has 1 heterocycles. The van der Waals surface area contributed by atoms with Gasteiger partial charge >= 0.3 is 0 Å². The first-order valence-electron chi connectivity index (χ1n) is 4.84. The molecule has 0 atom stereocenters. The Morgan fingerprint density at radius 1 is 1.24 bits per heavy atom. The van der Waals surface area contributed by atoms with E-state index in [2.05, 4.69) is 15.7 Å². The Morgan fingerprint density at radius 3 is 2.82 bits per heavy atom. The normalized spacial score (nSPS) is 10.1. The van der Waals surface area contributed by atoms with Crippen LogP contribution in [0.2, 0.25) is 5.02 Å². The first-order chi connectivity index (χ1) is 8.19. The number of nitrogens with one attached hydrogen (secondary N) is 2. The van der Waals surface area contributed by atoms with Gasteiger partial charge in [-0.05, 0) is 24.3 Å². The minimum Gasteiger partial charge on any atom is -0.353 e. The molecule has 0 spiro atoms.